The lowest BCUT2D eigenvalue weighted by Gasteiger charge is -2.07. The molecule has 3 heteroatoms. The van der Waals surface area contributed by atoms with Crippen LogP contribution in [-0.4, -0.2) is 18.7 Å². The van der Waals surface area contributed by atoms with Gasteiger partial charge in [0.1, 0.15) is 0 Å². The van der Waals surface area contributed by atoms with Gasteiger partial charge in [-0.2, -0.15) is 0 Å². The Morgan fingerprint density at radius 2 is 2.19 bits per heavy atom. The normalized spacial score (nSPS) is 13.0. The lowest BCUT2D eigenvalue weighted by Crippen LogP contribution is -2.18. The molecule has 1 atom stereocenters. The Kier molecular flexibility index (Phi) is 8.12. The number of carbonyl (C=O) groups is 1. The van der Waals surface area contributed by atoms with Gasteiger partial charge in [0.2, 0.25) is 0 Å². The lowest BCUT2D eigenvalue weighted by molar-refractivity contribution is -0.149. The van der Waals surface area contributed by atoms with Crippen molar-refractivity contribution in [3.8, 4) is 0 Å². The molecular weight excluding hydrogens is 207 g/mol. The highest BCUT2D eigenvalue weighted by atomic mass is 19.1. The van der Waals surface area contributed by atoms with Crippen LogP contribution in [0.5, 0.6) is 0 Å². The van der Waals surface area contributed by atoms with Gasteiger partial charge in [-0.3, -0.25) is 0 Å². The summed E-state index contributed by atoms with van der Waals surface area (Å²) in [7, 11) is 0. The Morgan fingerprint density at radius 1 is 1.50 bits per heavy atom. The number of esters is 1. The molecule has 0 radical (unpaired) electrons. The molecule has 1 unspecified atom stereocenters. The summed E-state index contributed by atoms with van der Waals surface area (Å²) >= 11 is 0. The van der Waals surface area contributed by atoms with Crippen LogP contribution in [0.1, 0.15) is 26.2 Å². The van der Waals surface area contributed by atoms with Crippen LogP contribution in [0, 0.1) is 0 Å². The van der Waals surface area contributed by atoms with Crippen molar-refractivity contribution in [1.82, 2.24) is 0 Å². The van der Waals surface area contributed by atoms with Gasteiger partial charge in [-0.15, -0.1) is 0 Å². The Morgan fingerprint density at radius 3 is 2.69 bits per heavy atom. The second-order valence-electron chi connectivity index (χ2n) is 3.29. The molecule has 0 amide bonds. The van der Waals surface area contributed by atoms with E-state index in [1.807, 2.05) is 6.08 Å². The summed E-state index contributed by atoms with van der Waals surface area (Å²) in [6.45, 7) is 9.09. The fraction of sp³-hybridized carbons (Fsp3) is 0.462. The van der Waals surface area contributed by atoms with Gasteiger partial charge in [0, 0.05) is 0 Å². The van der Waals surface area contributed by atoms with Crippen LogP contribution in [0.3, 0.4) is 0 Å². The summed E-state index contributed by atoms with van der Waals surface area (Å²) in [5.41, 5.74) is 0.992. The zero-order chi connectivity index (χ0) is 12.4. The number of hydrogen-bond acceptors (Lipinski definition) is 2. The van der Waals surface area contributed by atoms with E-state index in [0.29, 0.717) is 12.8 Å². The zero-order valence-electron chi connectivity index (χ0n) is 9.75. The van der Waals surface area contributed by atoms with E-state index in [4.69, 9.17) is 0 Å². The molecule has 0 saturated heterocycles. The van der Waals surface area contributed by atoms with Crippen LogP contribution < -0.4 is 0 Å². The quantitative estimate of drug-likeness (QED) is 0.468. The molecule has 0 spiro atoms. The van der Waals surface area contributed by atoms with Crippen LogP contribution in [-0.2, 0) is 9.53 Å². The molecule has 0 aromatic heterocycles. The van der Waals surface area contributed by atoms with Gasteiger partial charge in [0.25, 0.3) is 0 Å². The molecular formula is C13H19FO2. The maximum atomic E-state index is 13.2. The topological polar surface area (TPSA) is 26.3 Å². The molecule has 0 aliphatic rings. The van der Waals surface area contributed by atoms with Crippen molar-refractivity contribution in [3.63, 3.8) is 0 Å². The number of alkyl halides is 1. The fourth-order valence-electron chi connectivity index (χ4n) is 1.24. The first-order valence-electron chi connectivity index (χ1n) is 5.40. The maximum Gasteiger partial charge on any atom is 0.340 e. The van der Waals surface area contributed by atoms with E-state index in [-0.39, 0.29) is 13.0 Å². The summed E-state index contributed by atoms with van der Waals surface area (Å²) in [5.74, 6) is -0.768. The second-order valence-corrected chi connectivity index (χ2v) is 3.29. The zero-order valence-corrected chi connectivity index (χ0v) is 9.75. The molecule has 0 N–H and O–H groups in total. The van der Waals surface area contributed by atoms with E-state index in [9.17, 15) is 9.18 Å². The summed E-state index contributed by atoms with van der Waals surface area (Å²) in [5, 5.41) is 0. The minimum Gasteiger partial charge on any atom is -0.464 e. The first kappa shape index (κ1) is 14.6. The van der Waals surface area contributed by atoms with Crippen LogP contribution in [0.4, 0.5) is 4.39 Å². The predicted molar refractivity (Wildman–Crippen MR) is 63.9 cm³/mol. The Bertz CT molecular complexity index is 269. The molecule has 0 aliphatic carbocycles. The molecule has 2 nitrogen and oxygen atoms in total. The van der Waals surface area contributed by atoms with Crippen molar-refractivity contribution in [3.05, 3.63) is 37.0 Å². The average Bonchev–Trinajstić information content (AvgIpc) is 2.28. The third kappa shape index (κ3) is 6.17. The number of ether oxygens (including phenoxy) is 1. The standard InChI is InChI=1S/C13H19FO2/c1-4-8-11(5-2)9-7-10-12(14)13(15)16-6-3/h4-5,8,12H,1-2,6-7,9-10H2,3H3/b11-8+. The van der Waals surface area contributed by atoms with Crippen LogP contribution in [0.15, 0.2) is 37.0 Å². The van der Waals surface area contributed by atoms with E-state index in [1.165, 1.54) is 0 Å². The number of rotatable bonds is 8. The van der Waals surface area contributed by atoms with Crippen LogP contribution >= 0.6 is 0 Å². The number of carbonyl (C=O) groups excluding carboxylic acids is 1. The highest BCUT2D eigenvalue weighted by molar-refractivity contribution is 5.74. The van der Waals surface area contributed by atoms with Gasteiger partial charge in [0.05, 0.1) is 6.61 Å². The highest BCUT2D eigenvalue weighted by Gasteiger charge is 2.17. The van der Waals surface area contributed by atoms with E-state index >= 15 is 0 Å². The van der Waals surface area contributed by atoms with E-state index in [1.54, 1.807) is 19.1 Å². The van der Waals surface area contributed by atoms with Crippen molar-refractivity contribution in [2.75, 3.05) is 6.61 Å². The third-order valence-electron chi connectivity index (χ3n) is 2.06. The Balaban J connectivity index is 3.88. The molecule has 0 aromatic carbocycles. The number of halogens is 1. The van der Waals surface area contributed by atoms with Gasteiger partial charge in [-0.25, -0.2) is 9.18 Å². The number of allylic oxidation sites excluding steroid dienone is 4. The monoisotopic (exact) mass is 226 g/mol. The molecule has 0 aromatic rings. The molecule has 0 fully saturated rings. The summed E-state index contributed by atoms with van der Waals surface area (Å²) < 4.78 is 17.8. The molecule has 0 bridgehead atoms. The van der Waals surface area contributed by atoms with Gasteiger partial charge in [0.15, 0.2) is 6.17 Å². The van der Waals surface area contributed by atoms with Gasteiger partial charge < -0.3 is 4.74 Å². The summed E-state index contributed by atoms with van der Waals surface area (Å²) in [6, 6.07) is 0. The van der Waals surface area contributed by atoms with Crippen molar-refractivity contribution in [2.45, 2.75) is 32.4 Å². The van der Waals surface area contributed by atoms with Gasteiger partial charge in [-0.05, 0) is 31.8 Å². The third-order valence-corrected chi connectivity index (χ3v) is 2.06. The van der Waals surface area contributed by atoms with Crippen LogP contribution in [0.2, 0.25) is 0 Å². The molecule has 16 heavy (non-hydrogen) atoms. The molecule has 0 aliphatic heterocycles. The smallest absolute Gasteiger partial charge is 0.340 e. The summed E-state index contributed by atoms with van der Waals surface area (Å²) in [4.78, 5) is 11.0. The van der Waals surface area contributed by atoms with Gasteiger partial charge >= 0.3 is 5.97 Å². The Hall–Kier alpha value is -1.38. The lowest BCUT2D eigenvalue weighted by atomic mass is 10.1. The minimum atomic E-state index is -1.52. The van der Waals surface area contributed by atoms with E-state index in [0.717, 1.165) is 5.57 Å². The highest BCUT2D eigenvalue weighted by Crippen LogP contribution is 2.12. The largest absolute Gasteiger partial charge is 0.464 e. The van der Waals surface area contributed by atoms with E-state index in [2.05, 4.69) is 17.9 Å². The SMILES string of the molecule is C=C/C=C(\C=C)CCCC(F)C(=O)OCC. The van der Waals surface area contributed by atoms with Crippen LogP contribution in [0.25, 0.3) is 0 Å². The average molecular weight is 226 g/mol. The van der Waals surface area contributed by atoms with Crippen molar-refractivity contribution in [1.29, 1.82) is 0 Å². The molecule has 90 valence electrons. The van der Waals surface area contributed by atoms with Crippen molar-refractivity contribution >= 4 is 5.97 Å². The molecule has 0 heterocycles. The second kappa shape index (κ2) is 8.89. The Labute approximate surface area is 96.5 Å². The molecule has 0 rings (SSSR count). The molecule has 0 saturated carbocycles. The van der Waals surface area contributed by atoms with Gasteiger partial charge in [-0.1, -0.05) is 31.4 Å². The van der Waals surface area contributed by atoms with Crippen molar-refractivity contribution < 1.29 is 13.9 Å². The first-order valence-corrected chi connectivity index (χ1v) is 5.40. The van der Waals surface area contributed by atoms with Crippen molar-refractivity contribution in [2.24, 2.45) is 0 Å². The minimum absolute atomic E-state index is 0.182. The van der Waals surface area contributed by atoms with E-state index < -0.39 is 12.1 Å². The maximum absolute atomic E-state index is 13.2. The number of hydrogen-bond donors (Lipinski definition) is 0. The first-order chi connectivity index (χ1) is 7.65. The fourth-order valence-corrected chi connectivity index (χ4v) is 1.24. The summed E-state index contributed by atoms with van der Waals surface area (Å²) in [6.07, 6.45) is 5.14. The predicted octanol–water partition coefficient (Wildman–Crippen LogP) is 3.36.